The fraction of sp³-hybridized carbons (Fsp3) is 0.850. The van der Waals surface area contributed by atoms with Gasteiger partial charge in [-0.1, -0.05) is 57.8 Å². The van der Waals surface area contributed by atoms with E-state index < -0.39 is 35.7 Å². The molecular formula is C20H30F3N3O3. The van der Waals surface area contributed by atoms with Gasteiger partial charge in [-0.2, -0.15) is 13.2 Å². The Morgan fingerprint density at radius 2 is 1.55 bits per heavy atom. The number of alkyl halides is 3. The van der Waals surface area contributed by atoms with Crippen LogP contribution in [0.2, 0.25) is 0 Å². The molecule has 1 heterocycles. The Morgan fingerprint density at radius 3 is 2.14 bits per heavy atom. The third-order valence-electron chi connectivity index (χ3n) is 6.50. The van der Waals surface area contributed by atoms with Gasteiger partial charge >= 0.3 is 12.2 Å². The van der Waals surface area contributed by atoms with Crippen LogP contribution >= 0.6 is 0 Å². The predicted octanol–water partition coefficient (Wildman–Crippen LogP) is 4.00. The second-order valence-electron chi connectivity index (χ2n) is 8.59. The summed E-state index contributed by atoms with van der Waals surface area (Å²) < 4.78 is 41.8. The van der Waals surface area contributed by atoms with E-state index in [1.807, 2.05) is 5.32 Å². The molecule has 0 aromatic rings. The Morgan fingerprint density at radius 1 is 1.00 bits per heavy atom. The van der Waals surface area contributed by atoms with Gasteiger partial charge in [0.05, 0.1) is 0 Å². The average Bonchev–Trinajstić information content (AvgIpc) is 2.84. The van der Waals surface area contributed by atoms with Gasteiger partial charge < -0.3 is 5.32 Å². The maximum Gasteiger partial charge on any atom is 0.440 e. The molecule has 2 saturated carbocycles. The molecule has 4 amide bonds. The lowest BCUT2D eigenvalue weighted by atomic mass is 9.86. The van der Waals surface area contributed by atoms with E-state index in [0.29, 0.717) is 30.1 Å². The van der Waals surface area contributed by atoms with Gasteiger partial charge in [-0.25, -0.2) is 4.79 Å². The minimum absolute atomic E-state index is 0.0882. The largest absolute Gasteiger partial charge is 0.440 e. The zero-order valence-corrected chi connectivity index (χ0v) is 16.7. The van der Waals surface area contributed by atoms with Crippen LogP contribution in [0.25, 0.3) is 0 Å². The molecule has 3 aliphatic rings. The van der Waals surface area contributed by atoms with E-state index in [-0.39, 0.29) is 6.42 Å². The monoisotopic (exact) mass is 417 g/mol. The van der Waals surface area contributed by atoms with Gasteiger partial charge in [-0.3, -0.25) is 19.8 Å². The maximum absolute atomic E-state index is 13.9. The molecule has 29 heavy (non-hydrogen) atoms. The molecule has 2 aliphatic carbocycles. The number of hydrogen-bond acceptors (Lipinski definition) is 3. The van der Waals surface area contributed by atoms with Crippen molar-refractivity contribution in [2.75, 3.05) is 0 Å². The van der Waals surface area contributed by atoms with E-state index >= 15 is 0 Å². The molecule has 0 aromatic heterocycles. The van der Waals surface area contributed by atoms with Gasteiger partial charge in [0, 0.05) is 12.5 Å². The zero-order valence-electron chi connectivity index (χ0n) is 16.7. The van der Waals surface area contributed by atoms with Crippen LogP contribution in [0.1, 0.15) is 83.5 Å². The molecule has 3 rings (SSSR count). The van der Waals surface area contributed by atoms with E-state index in [1.165, 1.54) is 0 Å². The van der Waals surface area contributed by atoms with Gasteiger partial charge in [-0.15, -0.1) is 0 Å². The smallest absolute Gasteiger partial charge is 0.318 e. The molecule has 9 heteroatoms. The van der Waals surface area contributed by atoms with Crippen LogP contribution in [0.3, 0.4) is 0 Å². The third-order valence-corrected chi connectivity index (χ3v) is 6.50. The van der Waals surface area contributed by atoms with E-state index in [4.69, 9.17) is 0 Å². The Hall–Kier alpha value is -1.80. The molecule has 1 aliphatic heterocycles. The molecule has 1 saturated heterocycles. The van der Waals surface area contributed by atoms with Crippen molar-refractivity contribution in [3.05, 3.63) is 0 Å². The van der Waals surface area contributed by atoms with Gasteiger partial charge in [0.1, 0.15) is 0 Å². The quantitative estimate of drug-likeness (QED) is 0.524. The number of hydrogen-bond donors (Lipinski definition) is 2. The summed E-state index contributed by atoms with van der Waals surface area (Å²) >= 11 is 0. The molecule has 2 N–H and O–H groups in total. The highest BCUT2D eigenvalue weighted by Crippen LogP contribution is 2.37. The lowest BCUT2D eigenvalue weighted by Gasteiger charge is -2.31. The van der Waals surface area contributed by atoms with E-state index in [0.717, 1.165) is 57.8 Å². The molecular weight excluding hydrogens is 387 g/mol. The molecule has 0 unspecified atom stereocenters. The fourth-order valence-electron chi connectivity index (χ4n) is 4.83. The number of halogens is 3. The van der Waals surface area contributed by atoms with Crippen molar-refractivity contribution in [1.29, 1.82) is 0 Å². The molecule has 6 nitrogen and oxygen atoms in total. The van der Waals surface area contributed by atoms with Crippen LogP contribution in [0.15, 0.2) is 0 Å². The van der Waals surface area contributed by atoms with E-state index in [2.05, 4.69) is 0 Å². The predicted molar refractivity (Wildman–Crippen MR) is 99.6 cm³/mol. The minimum atomic E-state index is -5.13. The van der Waals surface area contributed by atoms with Crippen LogP contribution < -0.4 is 10.6 Å². The van der Waals surface area contributed by atoms with Gasteiger partial charge in [0.2, 0.25) is 5.91 Å². The first-order chi connectivity index (χ1) is 13.7. The van der Waals surface area contributed by atoms with Crippen LogP contribution in [-0.4, -0.2) is 40.6 Å². The Balaban J connectivity index is 1.71. The van der Waals surface area contributed by atoms with E-state index in [9.17, 15) is 27.6 Å². The Labute approximate surface area is 168 Å². The average molecular weight is 417 g/mol. The summed E-state index contributed by atoms with van der Waals surface area (Å²) in [5.74, 6) is -1.94. The first kappa shape index (κ1) is 21.9. The number of urea groups is 1. The molecule has 164 valence electrons. The highest BCUT2D eigenvalue weighted by atomic mass is 19.4. The maximum atomic E-state index is 13.9. The summed E-state index contributed by atoms with van der Waals surface area (Å²) in [7, 11) is 0. The summed E-state index contributed by atoms with van der Waals surface area (Å²) in [6, 6.07) is -1.64. The molecule has 0 radical (unpaired) electrons. The summed E-state index contributed by atoms with van der Waals surface area (Å²) in [6.07, 6.45) is 4.89. The number of carbonyl (C=O) groups is 3. The zero-order chi connectivity index (χ0) is 21.1. The first-order valence-corrected chi connectivity index (χ1v) is 10.8. The fourth-order valence-corrected chi connectivity index (χ4v) is 4.83. The summed E-state index contributed by atoms with van der Waals surface area (Å²) in [5, 5.41) is 3.62. The van der Waals surface area contributed by atoms with Crippen LogP contribution in [-0.2, 0) is 9.59 Å². The van der Waals surface area contributed by atoms with Crippen molar-refractivity contribution in [3.8, 4) is 0 Å². The van der Waals surface area contributed by atoms with Crippen molar-refractivity contribution >= 4 is 17.8 Å². The van der Waals surface area contributed by atoms with Gasteiger partial charge in [0.25, 0.3) is 11.6 Å². The standard InChI is InChI=1S/C20H30F3N3O3/c21-20(22,23)19(24-16(27)13-12-14-8-4-3-5-9-14)17(28)26(18(29)25-19)15-10-6-1-2-7-11-15/h14-15H,1-13H2,(H,24,27)(H,25,29)/t19-/m1/s1. The van der Waals surface area contributed by atoms with Gasteiger partial charge in [0.15, 0.2) is 0 Å². The van der Waals surface area contributed by atoms with E-state index in [1.54, 1.807) is 5.32 Å². The van der Waals surface area contributed by atoms with Gasteiger partial charge in [-0.05, 0) is 25.2 Å². The van der Waals surface area contributed by atoms with Crippen LogP contribution in [0.5, 0.6) is 0 Å². The summed E-state index contributed by atoms with van der Waals surface area (Å²) in [6.45, 7) is 0. The minimum Gasteiger partial charge on any atom is -0.318 e. The lowest BCUT2D eigenvalue weighted by molar-refractivity contribution is -0.204. The van der Waals surface area contributed by atoms with Crippen molar-refractivity contribution in [1.82, 2.24) is 15.5 Å². The third kappa shape index (κ3) is 4.69. The van der Waals surface area contributed by atoms with Crippen LogP contribution in [0, 0.1) is 5.92 Å². The number of nitrogens with one attached hydrogen (secondary N) is 2. The number of imide groups is 1. The Bertz CT molecular complexity index is 626. The normalized spacial score (nSPS) is 27.6. The van der Waals surface area contributed by atoms with Crippen molar-refractivity contribution in [3.63, 3.8) is 0 Å². The second-order valence-corrected chi connectivity index (χ2v) is 8.59. The highest BCUT2D eigenvalue weighted by molar-refractivity contribution is 6.09. The van der Waals surface area contributed by atoms with Crippen molar-refractivity contribution < 1.29 is 27.6 Å². The summed E-state index contributed by atoms with van der Waals surface area (Å²) in [4.78, 5) is 38.3. The lowest BCUT2D eigenvalue weighted by Crippen LogP contribution is -2.69. The molecule has 3 fully saturated rings. The topological polar surface area (TPSA) is 78.5 Å². The number of carbonyl (C=O) groups excluding carboxylic acids is 3. The SMILES string of the molecule is O=C(CCC1CCCCC1)N[C@@]1(C(F)(F)F)NC(=O)N(C2CCCCCC2)C1=O. The summed E-state index contributed by atoms with van der Waals surface area (Å²) in [5.41, 5.74) is -3.36. The van der Waals surface area contributed by atoms with Crippen LogP contribution in [0.4, 0.5) is 18.0 Å². The van der Waals surface area contributed by atoms with Crippen molar-refractivity contribution in [2.24, 2.45) is 5.92 Å². The number of rotatable bonds is 5. The highest BCUT2D eigenvalue weighted by Gasteiger charge is 2.69. The molecule has 0 aromatic carbocycles. The van der Waals surface area contributed by atoms with Crippen molar-refractivity contribution in [2.45, 2.75) is 101 Å². The molecule has 0 bridgehead atoms. The number of nitrogens with zero attached hydrogens (tertiary/aromatic N) is 1. The molecule has 0 spiro atoms. The number of amides is 4. The second kappa shape index (κ2) is 8.92. The Kier molecular flexibility index (Phi) is 6.73. The first-order valence-electron chi connectivity index (χ1n) is 10.8. The molecule has 1 atom stereocenters.